The van der Waals surface area contributed by atoms with E-state index < -0.39 is 11.6 Å². The number of aliphatic hydroxyl groups is 1. The molecule has 2 unspecified atom stereocenters. The fraction of sp³-hybridized carbons (Fsp3) is 0.867. The number of hydrogen-bond donors (Lipinski definition) is 2. The number of urea groups is 1. The molecule has 0 spiro atoms. The summed E-state index contributed by atoms with van der Waals surface area (Å²) in [5.74, 6) is -0.811. The number of carbonyl (C=O) groups is 2. The highest BCUT2D eigenvalue weighted by Crippen LogP contribution is 2.26. The topological polar surface area (TPSA) is 81.1 Å². The Hall–Kier alpha value is -1.30. The Balaban J connectivity index is 1.99. The molecule has 2 rings (SSSR count). The van der Waals surface area contributed by atoms with E-state index in [4.69, 9.17) is 5.11 Å². The maximum absolute atomic E-state index is 12.7. The Morgan fingerprint density at radius 2 is 2.00 bits per heavy atom. The Bertz CT molecular complexity index is 397. The van der Waals surface area contributed by atoms with Gasteiger partial charge in [0, 0.05) is 25.6 Å². The van der Waals surface area contributed by atoms with Gasteiger partial charge in [-0.3, -0.25) is 4.79 Å². The zero-order valence-electron chi connectivity index (χ0n) is 12.8. The molecule has 6 heteroatoms. The number of hydrogen-bond acceptors (Lipinski definition) is 3. The number of piperidine rings is 2. The molecule has 2 atom stereocenters. The molecule has 0 aliphatic carbocycles. The zero-order valence-corrected chi connectivity index (χ0v) is 12.8. The van der Waals surface area contributed by atoms with Crippen molar-refractivity contribution in [1.29, 1.82) is 0 Å². The fourth-order valence-electron chi connectivity index (χ4n) is 3.41. The third kappa shape index (κ3) is 4.33. The molecule has 2 fully saturated rings. The van der Waals surface area contributed by atoms with Crippen LogP contribution in [0.2, 0.25) is 0 Å². The van der Waals surface area contributed by atoms with Crippen molar-refractivity contribution in [3.63, 3.8) is 0 Å². The first-order valence-corrected chi connectivity index (χ1v) is 7.89. The van der Waals surface area contributed by atoms with Crippen molar-refractivity contribution in [1.82, 2.24) is 9.80 Å². The van der Waals surface area contributed by atoms with Gasteiger partial charge in [0.15, 0.2) is 0 Å². The third-order valence-electron chi connectivity index (χ3n) is 4.51. The highest BCUT2D eigenvalue weighted by Gasteiger charge is 2.35. The van der Waals surface area contributed by atoms with E-state index >= 15 is 0 Å². The third-order valence-corrected chi connectivity index (χ3v) is 4.51. The minimum absolute atomic E-state index is 0.0224. The quantitative estimate of drug-likeness (QED) is 0.830. The van der Waals surface area contributed by atoms with E-state index in [0.29, 0.717) is 26.1 Å². The lowest BCUT2D eigenvalue weighted by Crippen LogP contribution is -2.56. The van der Waals surface area contributed by atoms with Crippen molar-refractivity contribution in [3.05, 3.63) is 0 Å². The lowest BCUT2D eigenvalue weighted by atomic mass is 9.94. The summed E-state index contributed by atoms with van der Waals surface area (Å²) in [6, 6.07) is -0.0145. The van der Waals surface area contributed by atoms with Crippen molar-refractivity contribution >= 4 is 12.0 Å². The number of β-amino-alcohol motifs (C(OH)–C–C–N with tert-alkyl or cyclic N) is 1. The molecule has 2 saturated heterocycles. The van der Waals surface area contributed by atoms with Gasteiger partial charge in [-0.2, -0.15) is 0 Å². The zero-order chi connectivity index (χ0) is 15.5. The molecule has 2 N–H and O–H groups in total. The molecule has 120 valence electrons. The van der Waals surface area contributed by atoms with Crippen LogP contribution < -0.4 is 0 Å². The molecule has 0 aromatic carbocycles. The number of amides is 2. The monoisotopic (exact) mass is 298 g/mol. The van der Waals surface area contributed by atoms with Gasteiger partial charge < -0.3 is 20.0 Å². The second kappa shape index (κ2) is 6.64. The Morgan fingerprint density at radius 3 is 2.67 bits per heavy atom. The number of carboxylic acids is 1. The Labute approximate surface area is 125 Å². The lowest BCUT2D eigenvalue weighted by Gasteiger charge is -2.43. The highest BCUT2D eigenvalue weighted by molar-refractivity contribution is 5.75. The van der Waals surface area contributed by atoms with Crippen LogP contribution in [0, 0.1) is 0 Å². The van der Waals surface area contributed by atoms with Crippen LogP contribution in [-0.2, 0) is 4.79 Å². The predicted octanol–water partition coefficient (Wildman–Crippen LogP) is 1.67. The molecule has 0 bridgehead atoms. The largest absolute Gasteiger partial charge is 0.481 e. The molecule has 2 heterocycles. The minimum Gasteiger partial charge on any atom is -0.481 e. The summed E-state index contributed by atoms with van der Waals surface area (Å²) in [6.07, 6.45) is 5.05. The number of carbonyl (C=O) groups excluding carboxylic acids is 1. The van der Waals surface area contributed by atoms with Gasteiger partial charge in [-0.1, -0.05) is 0 Å². The smallest absolute Gasteiger partial charge is 0.320 e. The van der Waals surface area contributed by atoms with Crippen LogP contribution in [0.1, 0.15) is 51.9 Å². The van der Waals surface area contributed by atoms with E-state index in [2.05, 4.69) is 0 Å². The average Bonchev–Trinajstić information content (AvgIpc) is 2.43. The van der Waals surface area contributed by atoms with Gasteiger partial charge in [0.05, 0.1) is 12.1 Å². The van der Waals surface area contributed by atoms with Crippen molar-refractivity contribution in [2.45, 2.75) is 63.5 Å². The van der Waals surface area contributed by atoms with Gasteiger partial charge in [-0.05, 0) is 45.4 Å². The van der Waals surface area contributed by atoms with Crippen molar-refractivity contribution in [2.75, 3.05) is 19.6 Å². The molecule has 0 radical (unpaired) electrons. The first-order valence-electron chi connectivity index (χ1n) is 7.89. The standard InChI is InChI=1S/C15H26N2O4/c1-15(21)8-4-9-16(11-15)14(20)17-10-3-2-5-12(17)6-7-13(18)19/h12,21H,2-11H2,1H3,(H,18,19). The minimum atomic E-state index is -0.811. The van der Waals surface area contributed by atoms with Crippen molar-refractivity contribution in [3.8, 4) is 0 Å². The summed E-state index contributed by atoms with van der Waals surface area (Å²) in [4.78, 5) is 27.0. The SMILES string of the molecule is CC1(O)CCCN(C(=O)N2CCCCC2CCC(=O)O)C1. The van der Waals surface area contributed by atoms with E-state index in [0.717, 1.165) is 32.1 Å². The summed E-state index contributed by atoms with van der Waals surface area (Å²) < 4.78 is 0. The molecule has 0 saturated carbocycles. The summed E-state index contributed by atoms with van der Waals surface area (Å²) in [5, 5.41) is 19.0. The van der Waals surface area contributed by atoms with Gasteiger partial charge in [0.1, 0.15) is 0 Å². The molecular formula is C15H26N2O4. The molecule has 0 aromatic heterocycles. The first-order chi connectivity index (χ1) is 9.89. The van der Waals surface area contributed by atoms with Gasteiger partial charge in [0.2, 0.25) is 0 Å². The normalized spacial score (nSPS) is 30.3. The molecular weight excluding hydrogens is 272 g/mol. The summed E-state index contributed by atoms with van der Waals surface area (Å²) in [6.45, 7) is 3.51. The van der Waals surface area contributed by atoms with Crippen molar-refractivity contribution < 1.29 is 19.8 Å². The van der Waals surface area contributed by atoms with Crippen LogP contribution in [0.5, 0.6) is 0 Å². The molecule has 2 aliphatic heterocycles. The van der Waals surface area contributed by atoms with Crippen LogP contribution in [0.3, 0.4) is 0 Å². The van der Waals surface area contributed by atoms with Gasteiger partial charge >= 0.3 is 12.0 Å². The van der Waals surface area contributed by atoms with E-state index in [1.165, 1.54) is 0 Å². The molecule has 2 aliphatic rings. The van der Waals surface area contributed by atoms with E-state index in [9.17, 15) is 14.7 Å². The second-order valence-corrected chi connectivity index (χ2v) is 6.58. The molecule has 6 nitrogen and oxygen atoms in total. The Morgan fingerprint density at radius 1 is 1.24 bits per heavy atom. The van der Waals surface area contributed by atoms with E-state index in [1.54, 1.807) is 11.8 Å². The summed E-state index contributed by atoms with van der Waals surface area (Å²) in [5.41, 5.74) is -0.805. The number of carboxylic acid groups (broad SMARTS) is 1. The average molecular weight is 298 g/mol. The number of likely N-dealkylation sites (tertiary alicyclic amines) is 2. The number of aliphatic carboxylic acids is 1. The predicted molar refractivity (Wildman–Crippen MR) is 78.0 cm³/mol. The summed E-state index contributed by atoms with van der Waals surface area (Å²) >= 11 is 0. The van der Waals surface area contributed by atoms with Crippen LogP contribution in [0.15, 0.2) is 0 Å². The van der Waals surface area contributed by atoms with Gasteiger partial charge in [0.25, 0.3) is 0 Å². The summed E-state index contributed by atoms with van der Waals surface area (Å²) in [7, 11) is 0. The molecule has 0 aromatic rings. The fourth-order valence-corrected chi connectivity index (χ4v) is 3.41. The van der Waals surface area contributed by atoms with Gasteiger partial charge in [-0.25, -0.2) is 4.79 Å². The second-order valence-electron chi connectivity index (χ2n) is 6.58. The van der Waals surface area contributed by atoms with Gasteiger partial charge in [-0.15, -0.1) is 0 Å². The number of rotatable bonds is 3. The van der Waals surface area contributed by atoms with Crippen LogP contribution in [-0.4, -0.2) is 63.3 Å². The molecule has 2 amide bonds. The first kappa shape index (κ1) is 16.1. The van der Waals surface area contributed by atoms with Crippen LogP contribution in [0.4, 0.5) is 4.79 Å². The van der Waals surface area contributed by atoms with Crippen molar-refractivity contribution in [2.24, 2.45) is 0 Å². The van der Waals surface area contributed by atoms with E-state index in [1.807, 2.05) is 4.90 Å². The molecule has 21 heavy (non-hydrogen) atoms. The Kier molecular flexibility index (Phi) is 5.08. The maximum Gasteiger partial charge on any atom is 0.320 e. The lowest BCUT2D eigenvalue weighted by molar-refractivity contribution is -0.137. The van der Waals surface area contributed by atoms with E-state index in [-0.39, 0.29) is 18.5 Å². The van der Waals surface area contributed by atoms with Crippen LogP contribution >= 0.6 is 0 Å². The van der Waals surface area contributed by atoms with Crippen LogP contribution in [0.25, 0.3) is 0 Å². The highest BCUT2D eigenvalue weighted by atomic mass is 16.4. The number of nitrogens with zero attached hydrogens (tertiary/aromatic N) is 2. The maximum atomic E-state index is 12.7.